The minimum atomic E-state index is -4.50. The Morgan fingerprint density at radius 3 is 2.57 bits per heavy atom. The van der Waals surface area contributed by atoms with Gasteiger partial charge in [0.1, 0.15) is 10.7 Å². The van der Waals surface area contributed by atoms with Gasteiger partial charge in [-0.2, -0.15) is 13.2 Å². The molecule has 0 bridgehead atoms. The molecule has 110 valence electrons. The predicted molar refractivity (Wildman–Crippen MR) is 71.5 cm³/mol. The van der Waals surface area contributed by atoms with E-state index in [1.165, 1.54) is 18.2 Å². The van der Waals surface area contributed by atoms with E-state index in [0.29, 0.717) is 10.5 Å². The van der Waals surface area contributed by atoms with Crippen molar-refractivity contribution in [2.45, 2.75) is 23.0 Å². The van der Waals surface area contributed by atoms with Gasteiger partial charge in [0.15, 0.2) is 0 Å². The molecule has 0 aliphatic rings. The number of benzene rings is 1. The molecule has 1 N–H and O–H groups in total. The van der Waals surface area contributed by atoms with Gasteiger partial charge in [-0.05, 0) is 36.8 Å². The van der Waals surface area contributed by atoms with Gasteiger partial charge in [-0.15, -0.1) is 0 Å². The topological polar surface area (TPSA) is 50.2 Å². The summed E-state index contributed by atoms with van der Waals surface area (Å²) in [7, 11) is 0. The minimum Gasteiger partial charge on any atom is -0.478 e. The average Bonchev–Trinajstić information content (AvgIpc) is 2.40. The van der Waals surface area contributed by atoms with Gasteiger partial charge in [-0.3, -0.25) is 0 Å². The summed E-state index contributed by atoms with van der Waals surface area (Å²) in [6.45, 7) is 1.65. The molecule has 0 aliphatic carbocycles. The second kappa shape index (κ2) is 5.77. The molecule has 0 radical (unpaired) electrons. The molecule has 1 aromatic carbocycles. The number of aromatic nitrogens is 1. The lowest BCUT2D eigenvalue weighted by molar-refractivity contribution is -0.141. The summed E-state index contributed by atoms with van der Waals surface area (Å²) in [5.74, 6) is -1.08. The van der Waals surface area contributed by atoms with Gasteiger partial charge in [-0.1, -0.05) is 23.9 Å². The molecule has 0 spiro atoms. The molecule has 2 aromatic rings. The van der Waals surface area contributed by atoms with Crippen LogP contribution in [0.4, 0.5) is 13.2 Å². The third-order valence-corrected chi connectivity index (χ3v) is 3.60. The van der Waals surface area contributed by atoms with Crippen molar-refractivity contribution in [3.05, 3.63) is 53.2 Å². The number of carboxylic acid groups (broad SMARTS) is 1. The first kappa shape index (κ1) is 15.4. The predicted octanol–water partition coefficient (Wildman–Crippen LogP) is 4.26. The minimum absolute atomic E-state index is 0.118. The third-order valence-electron chi connectivity index (χ3n) is 2.68. The second-order valence-electron chi connectivity index (χ2n) is 4.24. The SMILES string of the molecule is Cc1ccc(Sc2cccc(C(F)(F)F)n2)cc1C(=O)O. The van der Waals surface area contributed by atoms with Crippen molar-refractivity contribution in [3.63, 3.8) is 0 Å². The molecular formula is C14H10F3NO2S. The highest BCUT2D eigenvalue weighted by Gasteiger charge is 2.32. The lowest BCUT2D eigenvalue weighted by Crippen LogP contribution is -2.07. The summed E-state index contributed by atoms with van der Waals surface area (Å²) in [6, 6.07) is 8.28. The Bertz CT molecular complexity index is 686. The molecule has 1 heterocycles. The lowest BCUT2D eigenvalue weighted by Gasteiger charge is -2.08. The molecule has 0 fully saturated rings. The number of nitrogens with zero attached hydrogens (tertiary/aromatic N) is 1. The fourth-order valence-electron chi connectivity index (χ4n) is 1.65. The smallest absolute Gasteiger partial charge is 0.433 e. The van der Waals surface area contributed by atoms with Crippen LogP contribution in [0, 0.1) is 6.92 Å². The molecule has 0 saturated heterocycles. The summed E-state index contributed by atoms with van der Waals surface area (Å²) >= 11 is 0.984. The van der Waals surface area contributed by atoms with Gasteiger partial charge < -0.3 is 5.11 Å². The van der Waals surface area contributed by atoms with Crippen LogP contribution in [-0.2, 0) is 6.18 Å². The first-order valence-corrected chi connectivity index (χ1v) is 6.65. The number of aryl methyl sites for hydroxylation is 1. The Morgan fingerprint density at radius 2 is 1.95 bits per heavy atom. The number of rotatable bonds is 3. The highest BCUT2D eigenvalue weighted by atomic mass is 32.2. The van der Waals surface area contributed by atoms with Crippen molar-refractivity contribution in [2.24, 2.45) is 0 Å². The third kappa shape index (κ3) is 3.75. The van der Waals surface area contributed by atoms with Crippen LogP contribution in [0.25, 0.3) is 0 Å². The van der Waals surface area contributed by atoms with Crippen molar-refractivity contribution < 1.29 is 23.1 Å². The first-order valence-electron chi connectivity index (χ1n) is 5.83. The molecule has 21 heavy (non-hydrogen) atoms. The van der Waals surface area contributed by atoms with Gasteiger partial charge in [-0.25, -0.2) is 9.78 Å². The van der Waals surface area contributed by atoms with Crippen LogP contribution in [0.1, 0.15) is 21.6 Å². The van der Waals surface area contributed by atoms with Crippen LogP contribution in [-0.4, -0.2) is 16.1 Å². The number of carbonyl (C=O) groups is 1. The van der Waals surface area contributed by atoms with Crippen molar-refractivity contribution in [3.8, 4) is 0 Å². The van der Waals surface area contributed by atoms with E-state index in [4.69, 9.17) is 5.11 Å². The molecule has 2 rings (SSSR count). The van der Waals surface area contributed by atoms with Crippen LogP contribution in [0.2, 0.25) is 0 Å². The maximum atomic E-state index is 12.6. The second-order valence-corrected chi connectivity index (χ2v) is 5.34. The van der Waals surface area contributed by atoms with E-state index >= 15 is 0 Å². The summed E-state index contributed by atoms with van der Waals surface area (Å²) in [4.78, 5) is 15.1. The van der Waals surface area contributed by atoms with Gasteiger partial charge in [0.05, 0.1) is 5.56 Å². The quantitative estimate of drug-likeness (QED) is 0.920. The zero-order chi connectivity index (χ0) is 15.6. The lowest BCUT2D eigenvalue weighted by atomic mass is 10.1. The molecule has 0 saturated carbocycles. The number of carboxylic acids is 1. The standard InChI is InChI=1S/C14H10F3NO2S/c1-8-5-6-9(7-10(8)13(19)20)21-12-4-2-3-11(18-12)14(15,16)17/h2-7H,1H3,(H,19,20). The Balaban J connectivity index is 2.31. The van der Waals surface area contributed by atoms with Crippen molar-refractivity contribution in [1.82, 2.24) is 4.98 Å². The Morgan fingerprint density at radius 1 is 1.24 bits per heavy atom. The summed E-state index contributed by atoms with van der Waals surface area (Å²) in [5, 5.41) is 9.19. The number of halogens is 3. The Kier molecular flexibility index (Phi) is 4.22. The van der Waals surface area contributed by atoms with Gasteiger partial charge in [0, 0.05) is 4.90 Å². The van der Waals surface area contributed by atoms with E-state index in [2.05, 4.69) is 4.98 Å². The number of hydrogen-bond acceptors (Lipinski definition) is 3. The van der Waals surface area contributed by atoms with Crippen molar-refractivity contribution in [2.75, 3.05) is 0 Å². The normalized spacial score (nSPS) is 11.4. The summed E-state index contributed by atoms with van der Waals surface area (Å²) < 4.78 is 37.7. The molecule has 3 nitrogen and oxygen atoms in total. The van der Waals surface area contributed by atoms with Crippen LogP contribution < -0.4 is 0 Å². The monoisotopic (exact) mass is 313 g/mol. The van der Waals surface area contributed by atoms with E-state index in [-0.39, 0.29) is 10.6 Å². The molecule has 7 heteroatoms. The van der Waals surface area contributed by atoms with Crippen LogP contribution >= 0.6 is 11.8 Å². The molecular weight excluding hydrogens is 303 g/mol. The number of alkyl halides is 3. The Hall–Kier alpha value is -2.02. The van der Waals surface area contributed by atoms with Gasteiger partial charge in [0.25, 0.3) is 0 Å². The van der Waals surface area contributed by atoms with E-state index in [0.717, 1.165) is 17.8 Å². The Labute approximate surface area is 122 Å². The van der Waals surface area contributed by atoms with Crippen LogP contribution in [0.5, 0.6) is 0 Å². The van der Waals surface area contributed by atoms with Gasteiger partial charge >= 0.3 is 12.1 Å². The molecule has 0 atom stereocenters. The zero-order valence-electron chi connectivity index (χ0n) is 10.8. The number of aromatic carboxylic acids is 1. The van der Waals surface area contributed by atoms with Crippen molar-refractivity contribution in [1.29, 1.82) is 0 Å². The van der Waals surface area contributed by atoms with E-state index in [9.17, 15) is 18.0 Å². The van der Waals surface area contributed by atoms with E-state index in [1.807, 2.05) is 0 Å². The summed E-state index contributed by atoms with van der Waals surface area (Å²) in [5.41, 5.74) is -0.270. The maximum absolute atomic E-state index is 12.6. The van der Waals surface area contributed by atoms with E-state index < -0.39 is 17.8 Å². The number of hydrogen-bond donors (Lipinski definition) is 1. The van der Waals surface area contributed by atoms with E-state index in [1.54, 1.807) is 19.1 Å². The molecule has 0 aliphatic heterocycles. The largest absolute Gasteiger partial charge is 0.478 e. The molecule has 0 amide bonds. The first-order chi connectivity index (χ1) is 9.77. The highest BCUT2D eigenvalue weighted by Crippen LogP contribution is 2.32. The highest BCUT2D eigenvalue weighted by molar-refractivity contribution is 7.99. The van der Waals surface area contributed by atoms with Crippen LogP contribution in [0.15, 0.2) is 46.3 Å². The molecule has 0 unspecified atom stereocenters. The average molecular weight is 313 g/mol. The fourth-order valence-corrected chi connectivity index (χ4v) is 2.49. The molecule has 1 aromatic heterocycles. The maximum Gasteiger partial charge on any atom is 0.433 e. The fraction of sp³-hybridized carbons (Fsp3) is 0.143. The summed E-state index contributed by atoms with van der Waals surface area (Å²) in [6.07, 6.45) is -4.50. The van der Waals surface area contributed by atoms with Crippen LogP contribution in [0.3, 0.4) is 0 Å². The number of pyridine rings is 1. The van der Waals surface area contributed by atoms with Gasteiger partial charge in [0.2, 0.25) is 0 Å². The van der Waals surface area contributed by atoms with Crippen molar-refractivity contribution >= 4 is 17.7 Å². The zero-order valence-corrected chi connectivity index (χ0v) is 11.6.